The van der Waals surface area contributed by atoms with Crippen molar-refractivity contribution in [3.63, 3.8) is 0 Å². The lowest BCUT2D eigenvalue weighted by Crippen LogP contribution is -2.04. The van der Waals surface area contributed by atoms with Crippen LogP contribution in [0.5, 0.6) is 17.2 Å². The first-order valence-corrected chi connectivity index (χ1v) is 10.7. The first kappa shape index (κ1) is 21.6. The summed E-state index contributed by atoms with van der Waals surface area (Å²) in [5, 5.41) is 4.16. The normalized spacial score (nSPS) is 11.1. The van der Waals surface area contributed by atoms with E-state index in [1.807, 2.05) is 37.3 Å². The zero-order valence-electron chi connectivity index (χ0n) is 18.7. The van der Waals surface area contributed by atoms with Gasteiger partial charge in [0.25, 0.3) is 0 Å². The molecule has 3 aromatic heterocycles. The van der Waals surface area contributed by atoms with E-state index in [-0.39, 0.29) is 11.4 Å². The van der Waals surface area contributed by atoms with Crippen molar-refractivity contribution in [1.82, 2.24) is 19.4 Å². The lowest BCUT2D eigenvalue weighted by Gasteiger charge is -2.13. The average molecular weight is 459 g/mol. The monoisotopic (exact) mass is 459 g/mol. The lowest BCUT2D eigenvalue weighted by molar-refractivity contribution is 0.146. The molecule has 0 aliphatic carbocycles. The Morgan fingerprint density at radius 1 is 0.971 bits per heavy atom. The number of benzene rings is 2. The molecule has 9 heteroatoms. The van der Waals surface area contributed by atoms with E-state index >= 15 is 0 Å². The van der Waals surface area contributed by atoms with E-state index < -0.39 is 5.82 Å². The van der Waals surface area contributed by atoms with Crippen LogP contribution in [0.1, 0.15) is 5.56 Å². The minimum atomic E-state index is -0.509. The van der Waals surface area contributed by atoms with E-state index in [4.69, 9.17) is 14.2 Å². The Hall–Kier alpha value is -4.24. The highest BCUT2D eigenvalue weighted by molar-refractivity contribution is 5.91. The molecule has 8 nitrogen and oxygen atoms in total. The number of methoxy groups -OCH3 is 1. The number of rotatable bonds is 8. The Bertz CT molecular complexity index is 1470. The molecule has 0 amide bonds. The topological polar surface area (TPSA) is 82.8 Å². The molecule has 0 atom stereocenters. The van der Waals surface area contributed by atoms with Crippen LogP contribution in [0.3, 0.4) is 0 Å². The van der Waals surface area contributed by atoms with Gasteiger partial charge < -0.3 is 23.9 Å². The number of anilines is 2. The molecule has 2 aromatic carbocycles. The smallest absolute Gasteiger partial charge is 0.208 e. The Morgan fingerprint density at radius 2 is 1.88 bits per heavy atom. The molecule has 1 N–H and O–H groups in total. The second-order valence-corrected chi connectivity index (χ2v) is 7.60. The summed E-state index contributed by atoms with van der Waals surface area (Å²) < 4.78 is 32.9. The van der Waals surface area contributed by atoms with Crippen molar-refractivity contribution < 1.29 is 18.6 Å². The highest BCUT2D eigenvalue weighted by atomic mass is 19.1. The van der Waals surface area contributed by atoms with Gasteiger partial charge in [-0.25, -0.2) is 15.0 Å². The molecule has 5 rings (SSSR count). The van der Waals surface area contributed by atoms with E-state index in [1.54, 1.807) is 42.2 Å². The molecule has 0 saturated carbocycles. The van der Waals surface area contributed by atoms with Gasteiger partial charge in [0, 0.05) is 42.8 Å². The SMILES string of the molecule is COCCOc1ccc2ncnc(Nc3ccc(Oc4ccn5ccnc5c4F)c(C)c3)c2c1. The Labute approximate surface area is 195 Å². The first-order valence-electron chi connectivity index (χ1n) is 10.7. The van der Waals surface area contributed by atoms with Crippen LogP contribution in [0, 0.1) is 12.7 Å². The zero-order chi connectivity index (χ0) is 23.5. The van der Waals surface area contributed by atoms with Gasteiger partial charge in [0.1, 0.15) is 30.3 Å². The number of hydrogen-bond donors (Lipinski definition) is 1. The Balaban J connectivity index is 1.38. The van der Waals surface area contributed by atoms with E-state index in [2.05, 4.69) is 20.3 Å². The maximum atomic E-state index is 14.7. The molecule has 0 aliphatic heterocycles. The predicted octanol–water partition coefficient (Wildman–Crippen LogP) is 5.29. The zero-order valence-corrected chi connectivity index (χ0v) is 18.7. The van der Waals surface area contributed by atoms with E-state index in [0.29, 0.717) is 30.5 Å². The second kappa shape index (κ2) is 9.32. The molecule has 3 heterocycles. The van der Waals surface area contributed by atoms with Crippen LogP contribution >= 0.6 is 0 Å². The van der Waals surface area contributed by atoms with Crippen molar-refractivity contribution in [1.29, 1.82) is 0 Å². The van der Waals surface area contributed by atoms with Crippen molar-refractivity contribution >= 4 is 28.1 Å². The molecule has 172 valence electrons. The van der Waals surface area contributed by atoms with Crippen molar-refractivity contribution in [2.24, 2.45) is 0 Å². The predicted molar refractivity (Wildman–Crippen MR) is 127 cm³/mol. The summed E-state index contributed by atoms with van der Waals surface area (Å²) in [5.74, 6) is 1.50. The fourth-order valence-corrected chi connectivity index (χ4v) is 3.58. The highest BCUT2D eigenvalue weighted by Gasteiger charge is 2.13. The van der Waals surface area contributed by atoms with Gasteiger partial charge in [0.15, 0.2) is 11.4 Å². The molecule has 0 radical (unpaired) electrons. The third kappa shape index (κ3) is 4.33. The quantitative estimate of drug-likeness (QED) is 0.316. The van der Waals surface area contributed by atoms with Crippen molar-refractivity contribution in [3.05, 3.63) is 78.8 Å². The van der Waals surface area contributed by atoms with Gasteiger partial charge in [-0.15, -0.1) is 0 Å². The van der Waals surface area contributed by atoms with Gasteiger partial charge >= 0.3 is 0 Å². The number of pyridine rings is 1. The van der Waals surface area contributed by atoms with Gasteiger partial charge in [-0.2, -0.15) is 4.39 Å². The van der Waals surface area contributed by atoms with Crippen LogP contribution < -0.4 is 14.8 Å². The number of imidazole rings is 1. The third-order valence-electron chi connectivity index (χ3n) is 5.29. The summed E-state index contributed by atoms with van der Waals surface area (Å²) in [6.07, 6.45) is 6.44. The van der Waals surface area contributed by atoms with Crippen LogP contribution in [0.25, 0.3) is 16.6 Å². The van der Waals surface area contributed by atoms with Crippen molar-refractivity contribution in [3.8, 4) is 17.2 Å². The summed E-state index contributed by atoms with van der Waals surface area (Å²) >= 11 is 0. The minimum Gasteiger partial charge on any atom is -0.491 e. The average Bonchev–Trinajstić information content (AvgIpc) is 3.33. The van der Waals surface area contributed by atoms with Gasteiger partial charge in [-0.05, 0) is 48.9 Å². The van der Waals surface area contributed by atoms with E-state index in [1.165, 1.54) is 6.33 Å². The number of aryl methyl sites for hydroxylation is 1. The van der Waals surface area contributed by atoms with Crippen molar-refractivity contribution in [2.75, 3.05) is 25.6 Å². The molecular weight excluding hydrogens is 437 g/mol. The van der Waals surface area contributed by atoms with Crippen molar-refractivity contribution in [2.45, 2.75) is 6.92 Å². The van der Waals surface area contributed by atoms with Crippen LogP contribution in [-0.4, -0.2) is 39.7 Å². The summed E-state index contributed by atoms with van der Waals surface area (Å²) in [4.78, 5) is 12.8. The molecule has 0 spiro atoms. The van der Waals surface area contributed by atoms with Crippen LogP contribution in [-0.2, 0) is 4.74 Å². The fraction of sp³-hybridized carbons (Fsp3) is 0.160. The molecule has 0 fully saturated rings. The number of fused-ring (bicyclic) bond motifs is 2. The summed E-state index contributed by atoms with van der Waals surface area (Å²) in [7, 11) is 1.63. The number of halogens is 1. The summed E-state index contributed by atoms with van der Waals surface area (Å²) in [6, 6.07) is 12.8. The number of hydrogen-bond acceptors (Lipinski definition) is 7. The summed E-state index contributed by atoms with van der Waals surface area (Å²) in [5.41, 5.74) is 2.64. The fourth-order valence-electron chi connectivity index (χ4n) is 3.58. The standard InChI is InChI=1S/C25H22FN5O3/c1-16-13-17(3-6-21(16)34-22-7-9-31-10-8-27-25(31)23(22)26)30-24-19-14-18(33-12-11-32-2)4-5-20(19)28-15-29-24/h3-10,13-15H,11-12H2,1-2H3,(H,28,29,30). The number of aromatic nitrogens is 4. The Kier molecular flexibility index (Phi) is 5.92. The highest BCUT2D eigenvalue weighted by Crippen LogP contribution is 2.32. The van der Waals surface area contributed by atoms with Gasteiger partial charge in [-0.3, -0.25) is 0 Å². The third-order valence-corrected chi connectivity index (χ3v) is 5.29. The van der Waals surface area contributed by atoms with Crippen LogP contribution in [0.2, 0.25) is 0 Å². The second-order valence-electron chi connectivity index (χ2n) is 7.60. The van der Waals surface area contributed by atoms with Crippen LogP contribution in [0.15, 0.2) is 67.4 Å². The number of nitrogens with zero attached hydrogens (tertiary/aromatic N) is 4. The Morgan fingerprint density at radius 3 is 2.74 bits per heavy atom. The number of nitrogens with one attached hydrogen (secondary N) is 1. The van der Waals surface area contributed by atoms with Gasteiger partial charge in [0.2, 0.25) is 5.82 Å². The molecule has 0 saturated heterocycles. The largest absolute Gasteiger partial charge is 0.491 e. The molecular formula is C25H22FN5O3. The van der Waals surface area contributed by atoms with Gasteiger partial charge in [0.05, 0.1) is 12.1 Å². The van der Waals surface area contributed by atoms with E-state index in [0.717, 1.165) is 22.2 Å². The minimum absolute atomic E-state index is 0.116. The lowest BCUT2D eigenvalue weighted by atomic mass is 10.2. The first-order chi connectivity index (χ1) is 16.6. The van der Waals surface area contributed by atoms with E-state index in [9.17, 15) is 4.39 Å². The molecule has 0 aliphatic rings. The number of ether oxygens (including phenoxy) is 3. The van der Waals surface area contributed by atoms with Crippen LogP contribution in [0.4, 0.5) is 15.9 Å². The molecule has 5 aromatic rings. The van der Waals surface area contributed by atoms with Gasteiger partial charge in [-0.1, -0.05) is 0 Å². The molecule has 0 unspecified atom stereocenters. The molecule has 0 bridgehead atoms. The maximum absolute atomic E-state index is 14.7. The maximum Gasteiger partial charge on any atom is 0.208 e. The summed E-state index contributed by atoms with van der Waals surface area (Å²) in [6.45, 7) is 2.85. The molecule has 34 heavy (non-hydrogen) atoms.